The van der Waals surface area contributed by atoms with E-state index in [4.69, 9.17) is 5.73 Å². The molecule has 0 aliphatic heterocycles. The number of fused-ring (bicyclic) bond motifs is 1. The van der Waals surface area contributed by atoms with Crippen molar-refractivity contribution in [1.82, 2.24) is 4.57 Å². The zero-order valence-electron chi connectivity index (χ0n) is 9.53. The summed E-state index contributed by atoms with van der Waals surface area (Å²) in [5, 5.41) is 9.89. The Morgan fingerprint density at radius 3 is 2.56 bits per heavy atom. The van der Waals surface area contributed by atoms with Gasteiger partial charge in [0.05, 0.1) is 5.56 Å². The lowest BCUT2D eigenvalue weighted by Gasteiger charge is -2.02. The van der Waals surface area contributed by atoms with Crippen LogP contribution in [0.5, 0.6) is 0 Å². The van der Waals surface area contributed by atoms with Crippen LogP contribution in [-0.2, 0) is 7.05 Å². The van der Waals surface area contributed by atoms with Crippen LogP contribution in [0.3, 0.4) is 0 Å². The van der Waals surface area contributed by atoms with E-state index in [2.05, 4.69) is 0 Å². The summed E-state index contributed by atoms with van der Waals surface area (Å²) in [4.78, 5) is 11.2. The van der Waals surface area contributed by atoms with E-state index in [0.29, 0.717) is 16.6 Å². The third-order valence-corrected chi connectivity index (χ3v) is 3.09. The number of aryl methyl sites for hydroxylation is 2. The number of hydrogen-bond donors (Lipinski definition) is 2. The van der Waals surface area contributed by atoms with Gasteiger partial charge in [-0.15, -0.1) is 0 Å². The van der Waals surface area contributed by atoms with Crippen molar-refractivity contribution >= 4 is 22.6 Å². The molecule has 84 valence electrons. The number of hydrogen-bond acceptors (Lipinski definition) is 2. The molecule has 0 unspecified atom stereocenters. The van der Waals surface area contributed by atoms with Crippen molar-refractivity contribution in [2.24, 2.45) is 7.05 Å². The van der Waals surface area contributed by atoms with Gasteiger partial charge in [0.2, 0.25) is 0 Å². The SMILES string of the molecule is Cc1cc2c(cc1N)c(C(=O)O)c(C)n2C. The Kier molecular flexibility index (Phi) is 2.15. The highest BCUT2D eigenvalue weighted by Crippen LogP contribution is 2.28. The molecule has 2 rings (SSSR count). The normalized spacial score (nSPS) is 10.9. The molecule has 2 aromatic rings. The monoisotopic (exact) mass is 218 g/mol. The summed E-state index contributed by atoms with van der Waals surface area (Å²) in [5.41, 5.74) is 9.39. The van der Waals surface area contributed by atoms with Gasteiger partial charge in [-0.2, -0.15) is 0 Å². The van der Waals surface area contributed by atoms with E-state index in [1.54, 1.807) is 13.0 Å². The molecular weight excluding hydrogens is 204 g/mol. The Morgan fingerprint density at radius 1 is 1.38 bits per heavy atom. The zero-order chi connectivity index (χ0) is 12.0. The molecular formula is C12H14N2O2. The average molecular weight is 218 g/mol. The van der Waals surface area contributed by atoms with Crippen molar-refractivity contribution in [1.29, 1.82) is 0 Å². The summed E-state index contributed by atoms with van der Waals surface area (Å²) in [7, 11) is 1.86. The summed E-state index contributed by atoms with van der Waals surface area (Å²) < 4.78 is 1.88. The van der Waals surface area contributed by atoms with Crippen molar-refractivity contribution in [3.8, 4) is 0 Å². The average Bonchev–Trinajstić information content (AvgIpc) is 2.42. The van der Waals surface area contributed by atoms with Crippen LogP contribution in [0, 0.1) is 13.8 Å². The number of nitrogens with two attached hydrogens (primary N) is 1. The molecule has 0 fully saturated rings. The minimum Gasteiger partial charge on any atom is -0.478 e. The summed E-state index contributed by atoms with van der Waals surface area (Å²) >= 11 is 0. The molecule has 0 aliphatic rings. The van der Waals surface area contributed by atoms with E-state index in [1.165, 1.54) is 0 Å². The van der Waals surface area contributed by atoms with Crippen LogP contribution in [0.25, 0.3) is 10.9 Å². The maximum absolute atomic E-state index is 11.2. The number of aromatic nitrogens is 1. The number of nitrogen functional groups attached to an aromatic ring is 1. The fourth-order valence-corrected chi connectivity index (χ4v) is 2.00. The minimum atomic E-state index is -0.911. The van der Waals surface area contributed by atoms with Gasteiger partial charge < -0.3 is 15.4 Å². The molecule has 0 saturated heterocycles. The van der Waals surface area contributed by atoms with Gasteiger partial charge in [-0.1, -0.05) is 0 Å². The lowest BCUT2D eigenvalue weighted by atomic mass is 10.1. The topological polar surface area (TPSA) is 68.2 Å². The molecule has 0 radical (unpaired) electrons. The maximum atomic E-state index is 11.2. The molecule has 1 heterocycles. The number of nitrogens with zero attached hydrogens (tertiary/aromatic N) is 1. The van der Waals surface area contributed by atoms with E-state index in [0.717, 1.165) is 16.8 Å². The molecule has 0 aliphatic carbocycles. The molecule has 1 aromatic heterocycles. The molecule has 16 heavy (non-hydrogen) atoms. The summed E-state index contributed by atoms with van der Waals surface area (Å²) in [6.45, 7) is 3.71. The van der Waals surface area contributed by atoms with Crippen molar-refractivity contribution < 1.29 is 9.90 Å². The van der Waals surface area contributed by atoms with Gasteiger partial charge in [-0.05, 0) is 31.5 Å². The Bertz CT molecular complexity index is 597. The maximum Gasteiger partial charge on any atom is 0.338 e. The first-order valence-electron chi connectivity index (χ1n) is 5.02. The van der Waals surface area contributed by atoms with E-state index < -0.39 is 5.97 Å². The Hall–Kier alpha value is -1.97. The second kappa shape index (κ2) is 3.27. The van der Waals surface area contributed by atoms with Crippen molar-refractivity contribution in [3.63, 3.8) is 0 Å². The summed E-state index contributed by atoms with van der Waals surface area (Å²) in [6.07, 6.45) is 0. The molecule has 0 amide bonds. The van der Waals surface area contributed by atoms with E-state index in [-0.39, 0.29) is 0 Å². The van der Waals surface area contributed by atoms with Gasteiger partial charge in [0, 0.05) is 29.3 Å². The minimum absolute atomic E-state index is 0.337. The summed E-state index contributed by atoms with van der Waals surface area (Å²) in [6, 6.07) is 3.66. The van der Waals surface area contributed by atoms with Gasteiger partial charge >= 0.3 is 5.97 Å². The van der Waals surface area contributed by atoms with Crippen LogP contribution in [0.1, 0.15) is 21.6 Å². The first kappa shape index (κ1) is 10.5. The number of aromatic carboxylic acids is 1. The second-order valence-electron chi connectivity index (χ2n) is 4.05. The number of anilines is 1. The number of carboxylic acids is 1. The Morgan fingerprint density at radius 2 is 2.00 bits per heavy atom. The number of benzene rings is 1. The number of rotatable bonds is 1. The lowest BCUT2D eigenvalue weighted by molar-refractivity contribution is 0.0698. The zero-order valence-corrected chi connectivity index (χ0v) is 9.53. The highest BCUT2D eigenvalue weighted by atomic mass is 16.4. The Balaban J connectivity index is 2.97. The molecule has 0 bridgehead atoms. The standard InChI is InChI=1S/C12H14N2O2/c1-6-4-10-8(5-9(6)13)11(12(15)16)7(2)14(10)3/h4-5H,13H2,1-3H3,(H,15,16). The van der Waals surface area contributed by atoms with Gasteiger partial charge in [0.15, 0.2) is 0 Å². The smallest absolute Gasteiger partial charge is 0.338 e. The first-order chi connectivity index (χ1) is 7.43. The predicted molar refractivity (Wildman–Crippen MR) is 63.8 cm³/mol. The first-order valence-corrected chi connectivity index (χ1v) is 5.02. The number of carboxylic acid groups (broad SMARTS) is 1. The van der Waals surface area contributed by atoms with Crippen molar-refractivity contribution in [3.05, 3.63) is 29.0 Å². The van der Waals surface area contributed by atoms with Crippen LogP contribution in [0.2, 0.25) is 0 Å². The van der Waals surface area contributed by atoms with Crippen molar-refractivity contribution in [2.45, 2.75) is 13.8 Å². The second-order valence-corrected chi connectivity index (χ2v) is 4.05. The fraction of sp³-hybridized carbons (Fsp3) is 0.250. The van der Waals surface area contributed by atoms with E-state index in [1.807, 2.05) is 24.6 Å². The summed E-state index contributed by atoms with van der Waals surface area (Å²) in [5.74, 6) is -0.911. The van der Waals surface area contributed by atoms with Crippen LogP contribution in [0.4, 0.5) is 5.69 Å². The van der Waals surface area contributed by atoms with Crippen LogP contribution >= 0.6 is 0 Å². The van der Waals surface area contributed by atoms with Gasteiger partial charge in [0.1, 0.15) is 0 Å². The quantitative estimate of drug-likeness (QED) is 0.720. The van der Waals surface area contributed by atoms with Gasteiger partial charge in [-0.3, -0.25) is 0 Å². The molecule has 4 nitrogen and oxygen atoms in total. The van der Waals surface area contributed by atoms with Crippen LogP contribution in [-0.4, -0.2) is 15.6 Å². The van der Waals surface area contributed by atoms with E-state index in [9.17, 15) is 9.90 Å². The van der Waals surface area contributed by atoms with E-state index >= 15 is 0 Å². The third kappa shape index (κ3) is 1.26. The van der Waals surface area contributed by atoms with Gasteiger partial charge in [-0.25, -0.2) is 4.79 Å². The molecule has 4 heteroatoms. The molecule has 0 spiro atoms. The fourth-order valence-electron chi connectivity index (χ4n) is 2.00. The van der Waals surface area contributed by atoms with Gasteiger partial charge in [0.25, 0.3) is 0 Å². The molecule has 0 saturated carbocycles. The molecule has 3 N–H and O–H groups in total. The molecule has 1 aromatic carbocycles. The largest absolute Gasteiger partial charge is 0.478 e. The van der Waals surface area contributed by atoms with Crippen LogP contribution < -0.4 is 5.73 Å². The lowest BCUT2D eigenvalue weighted by Crippen LogP contribution is -1.99. The van der Waals surface area contributed by atoms with Crippen LogP contribution in [0.15, 0.2) is 12.1 Å². The Labute approximate surface area is 93.3 Å². The third-order valence-electron chi connectivity index (χ3n) is 3.09. The number of carbonyl (C=O) groups is 1. The van der Waals surface area contributed by atoms with Crippen molar-refractivity contribution in [2.75, 3.05) is 5.73 Å². The predicted octanol–water partition coefficient (Wildman–Crippen LogP) is 2.08. The highest BCUT2D eigenvalue weighted by molar-refractivity contribution is 6.06. The molecule has 0 atom stereocenters. The highest BCUT2D eigenvalue weighted by Gasteiger charge is 2.18.